The molecule has 5 aromatic rings. The highest BCUT2D eigenvalue weighted by Gasteiger charge is 2.22. The number of hydrogen-bond acceptors (Lipinski definition) is 6. The molecule has 7 nitrogen and oxygen atoms in total. The fourth-order valence-corrected chi connectivity index (χ4v) is 5.64. The lowest BCUT2D eigenvalue weighted by Gasteiger charge is -2.14. The fourth-order valence-electron chi connectivity index (χ4n) is 3.78. The lowest BCUT2D eigenvalue weighted by atomic mass is 10.1. The zero-order valence-corrected chi connectivity index (χ0v) is 19.5. The minimum absolute atomic E-state index is 0.0558. The van der Waals surface area contributed by atoms with Crippen LogP contribution < -0.4 is 5.32 Å². The van der Waals surface area contributed by atoms with Gasteiger partial charge >= 0.3 is 5.97 Å². The van der Waals surface area contributed by atoms with E-state index in [4.69, 9.17) is 0 Å². The zero-order chi connectivity index (χ0) is 23.5. The minimum Gasteiger partial charge on any atom is -0.480 e. The number of nitrogens with one attached hydrogen (secondary N) is 2. The summed E-state index contributed by atoms with van der Waals surface area (Å²) in [5.41, 5.74) is 2.88. The van der Waals surface area contributed by atoms with Gasteiger partial charge < -0.3 is 15.4 Å². The molecule has 3 N–H and O–H groups in total. The summed E-state index contributed by atoms with van der Waals surface area (Å²) in [6, 6.07) is 18.7. The molecule has 0 unspecified atom stereocenters. The van der Waals surface area contributed by atoms with Crippen LogP contribution in [0.1, 0.15) is 5.56 Å². The molecule has 0 fully saturated rings. The molecule has 0 saturated carbocycles. The molecule has 1 atom stereocenters. The number of rotatable bonds is 8. The Morgan fingerprint density at radius 3 is 2.68 bits per heavy atom. The van der Waals surface area contributed by atoms with Gasteiger partial charge in [0.2, 0.25) is 5.91 Å². The van der Waals surface area contributed by atoms with Gasteiger partial charge in [-0.05, 0) is 23.3 Å². The van der Waals surface area contributed by atoms with Crippen LogP contribution in [0.25, 0.3) is 31.6 Å². The summed E-state index contributed by atoms with van der Waals surface area (Å²) in [5.74, 6) is -1.37. The van der Waals surface area contributed by atoms with Crippen LogP contribution in [0.15, 0.2) is 78.2 Å². The van der Waals surface area contributed by atoms with Crippen LogP contribution in [0.5, 0.6) is 0 Å². The number of aliphatic carboxylic acids is 1. The van der Waals surface area contributed by atoms with Crippen molar-refractivity contribution >= 4 is 56.1 Å². The first kappa shape index (κ1) is 22.1. The number of carbonyl (C=O) groups is 2. The van der Waals surface area contributed by atoms with Crippen LogP contribution in [0.3, 0.4) is 0 Å². The third kappa shape index (κ3) is 4.66. The Kier molecular flexibility index (Phi) is 6.29. The Morgan fingerprint density at radius 1 is 1.06 bits per heavy atom. The number of carboxylic acid groups (broad SMARTS) is 1. The Bertz CT molecular complexity index is 1480. The average molecular weight is 489 g/mol. The molecule has 0 aliphatic heterocycles. The quantitative estimate of drug-likeness (QED) is 0.215. The van der Waals surface area contributed by atoms with Crippen molar-refractivity contribution in [2.45, 2.75) is 17.5 Å². The van der Waals surface area contributed by atoms with Crippen LogP contribution in [0, 0.1) is 0 Å². The average Bonchev–Trinajstić information content (AvgIpc) is 3.47. The second-order valence-corrected chi connectivity index (χ2v) is 9.68. The van der Waals surface area contributed by atoms with Crippen LogP contribution in [-0.4, -0.2) is 43.7 Å². The molecule has 0 spiro atoms. The van der Waals surface area contributed by atoms with Gasteiger partial charge in [0, 0.05) is 33.8 Å². The molecule has 170 valence electrons. The third-order valence-corrected chi connectivity index (χ3v) is 7.52. The van der Waals surface area contributed by atoms with Crippen molar-refractivity contribution in [2.24, 2.45) is 0 Å². The van der Waals surface area contributed by atoms with Crippen LogP contribution in [0.4, 0.5) is 0 Å². The number of thiophene rings is 1. The van der Waals surface area contributed by atoms with E-state index in [1.165, 1.54) is 18.1 Å². The summed E-state index contributed by atoms with van der Waals surface area (Å²) < 4.78 is 0. The van der Waals surface area contributed by atoms with Crippen molar-refractivity contribution < 1.29 is 14.7 Å². The van der Waals surface area contributed by atoms with Crippen molar-refractivity contribution in [1.82, 2.24) is 20.3 Å². The topological polar surface area (TPSA) is 108 Å². The van der Waals surface area contributed by atoms with E-state index >= 15 is 0 Å². The lowest BCUT2D eigenvalue weighted by Crippen LogP contribution is -2.43. The number of carbonyl (C=O) groups excluding carboxylic acids is 1. The van der Waals surface area contributed by atoms with E-state index in [9.17, 15) is 14.7 Å². The number of thioether (sulfide) groups is 1. The van der Waals surface area contributed by atoms with Gasteiger partial charge in [-0.25, -0.2) is 14.8 Å². The predicted octanol–water partition coefficient (Wildman–Crippen LogP) is 4.74. The fraction of sp³-hybridized carbons (Fsp3) is 0.120. The van der Waals surface area contributed by atoms with E-state index in [0.717, 1.165) is 37.1 Å². The lowest BCUT2D eigenvalue weighted by molar-refractivity contribution is -0.141. The number of aromatic amines is 1. The van der Waals surface area contributed by atoms with Crippen LogP contribution in [-0.2, 0) is 16.0 Å². The summed E-state index contributed by atoms with van der Waals surface area (Å²) in [6.07, 6.45) is 3.48. The molecule has 2 aromatic carbocycles. The number of fused-ring (bicyclic) bond motifs is 2. The van der Waals surface area contributed by atoms with Crippen molar-refractivity contribution in [3.8, 4) is 10.4 Å². The van der Waals surface area contributed by atoms with Crippen molar-refractivity contribution in [2.75, 3.05) is 5.75 Å². The van der Waals surface area contributed by atoms with Gasteiger partial charge in [-0.15, -0.1) is 11.3 Å². The van der Waals surface area contributed by atoms with Crippen molar-refractivity contribution in [3.05, 3.63) is 78.8 Å². The predicted molar refractivity (Wildman–Crippen MR) is 135 cm³/mol. The largest absolute Gasteiger partial charge is 0.480 e. The van der Waals surface area contributed by atoms with Gasteiger partial charge in [-0.3, -0.25) is 4.79 Å². The molecular formula is C25H20N4O3S2. The van der Waals surface area contributed by atoms with Gasteiger partial charge in [-0.1, -0.05) is 60.3 Å². The molecule has 34 heavy (non-hydrogen) atoms. The number of benzene rings is 2. The second-order valence-electron chi connectivity index (χ2n) is 7.68. The molecule has 3 heterocycles. The Morgan fingerprint density at radius 2 is 1.85 bits per heavy atom. The van der Waals surface area contributed by atoms with Gasteiger partial charge in [-0.2, -0.15) is 0 Å². The molecule has 0 aliphatic carbocycles. The molecule has 0 aliphatic rings. The first-order valence-corrected chi connectivity index (χ1v) is 12.4. The van der Waals surface area contributed by atoms with Gasteiger partial charge in [0.15, 0.2) is 0 Å². The van der Waals surface area contributed by atoms with E-state index < -0.39 is 12.0 Å². The number of hydrogen-bond donors (Lipinski definition) is 3. The third-order valence-electron chi connectivity index (χ3n) is 5.42. The van der Waals surface area contributed by atoms with Gasteiger partial charge in [0.05, 0.1) is 5.75 Å². The highest BCUT2D eigenvalue weighted by Crippen LogP contribution is 2.36. The molecule has 0 radical (unpaired) electrons. The first-order valence-electron chi connectivity index (χ1n) is 10.6. The maximum absolute atomic E-state index is 12.6. The highest BCUT2D eigenvalue weighted by atomic mass is 32.2. The van der Waals surface area contributed by atoms with Crippen LogP contribution in [0.2, 0.25) is 0 Å². The molecule has 9 heteroatoms. The Hall–Kier alpha value is -3.69. The number of carboxylic acids is 1. The highest BCUT2D eigenvalue weighted by molar-refractivity contribution is 8.00. The second kappa shape index (κ2) is 9.66. The van der Waals surface area contributed by atoms with Crippen molar-refractivity contribution in [3.63, 3.8) is 0 Å². The number of amides is 1. The number of aromatic nitrogens is 3. The first-order chi connectivity index (χ1) is 16.6. The van der Waals surface area contributed by atoms with Crippen molar-refractivity contribution in [1.29, 1.82) is 0 Å². The molecule has 0 bridgehead atoms. The summed E-state index contributed by atoms with van der Waals surface area (Å²) >= 11 is 2.85. The van der Waals surface area contributed by atoms with E-state index in [-0.39, 0.29) is 18.1 Å². The number of H-pyrrole nitrogens is 1. The van der Waals surface area contributed by atoms with E-state index in [1.807, 2.05) is 60.7 Å². The smallest absolute Gasteiger partial charge is 0.326 e. The van der Waals surface area contributed by atoms with Gasteiger partial charge in [0.25, 0.3) is 0 Å². The number of para-hydroxylation sites is 1. The van der Waals surface area contributed by atoms with Crippen LogP contribution >= 0.6 is 23.1 Å². The van der Waals surface area contributed by atoms with E-state index in [2.05, 4.69) is 20.3 Å². The minimum atomic E-state index is -1.07. The molecular weight excluding hydrogens is 468 g/mol. The van der Waals surface area contributed by atoms with E-state index in [0.29, 0.717) is 5.03 Å². The molecule has 0 saturated heterocycles. The summed E-state index contributed by atoms with van der Waals surface area (Å²) in [6.45, 7) is 0. The maximum Gasteiger partial charge on any atom is 0.326 e. The summed E-state index contributed by atoms with van der Waals surface area (Å²) in [4.78, 5) is 38.3. The van der Waals surface area contributed by atoms with E-state index in [1.54, 1.807) is 17.5 Å². The normalized spacial score (nSPS) is 12.1. The molecule has 3 aromatic heterocycles. The maximum atomic E-state index is 12.6. The Labute approximate surface area is 203 Å². The summed E-state index contributed by atoms with van der Waals surface area (Å²) in [7, 11) is 0. The van der Waals surface area contributed by atoms with Gasteiger partial charge in [0.1, 0.15) is 22.2 Å². The zero-order valence-electron chi connectivity index (χ0n) is 17.9. The SMILES string of the molecule is O=C(CSc1ncnc2sc(-c3ccccc3)cc12)N[C@@H](Cc1c[nH]c2ccccc12)C(=O)O. The standard InChI is InChI=1S/C25H20N4O3S2/c30-22(29-20(25(31)32)10-16-12-26-19-9-5-4-8-17(16)19)13-33-23-18-11-21(15-6-2-1-3-7-15)34-24(18)28-14-27-23/h1-9,11-12,14,20,26H,10,13H2,(H,29,30)(H,31,32)/t20-/m0/s1. The summed E-state index contributed by atoms with van der Waals surface area (Å²) in [5, 5.41) is 14.9. The Balaban J connectivity index is 1.28. The molecule has 5 rings (SSSR count). The number of nitrogens with zero attached hydrogens (tertiary/aromatic N) is 2. The molecule has 1 amide bonds. The monoisotopic (exact) mass is 488 g/mol.